The molecule has 4 aromatic carbocycles. The molecule has 6 aromatic rings. The number of nitrogens with zero attached hydrogens (tertiary/aromatic N) is 2. The zero-order valence-electron chi connectivity index (χ0n) is 25.1. The van der Waals surface area contributed by atoms with Crippen molar-refractivity contribution < 1.29 is 9.52 Å². The molecular formula is C38H36N2O2. The van der Waals surface area contributed by atoms with Crippen molar-refractivity contribution in [1.82, 2.24) is 9.97 Å². The van der Waals surface area contributed by atoms with Gasteiger partial charge in [-0.1, -0.05) is 96.1 Å². The molecule has 0 unspecified atom stereocenters. The van der Waals surface area contributed by atoms with Gasteiger partial charge in [0.15, 0.2) is 5.58 Å². The van der Waals surface area contributed by atoms with Crippen molar-refractivity contribution in [3.63, 3.8) is 0 Å². The summed E-state index contributed by atoms with van der Waals surface area (Å²) < 4.78 is 6.41. The van der Waals surface area contributed by atoms with Crippen LogP contribution in [0.25, 0.3) is 56.1 Å². The fourth-order valence-electron chi connectivity index (χ4n) is 5.22. The Balaban J connectivity index is 1.51. The fraction of sp³-hybridized carbons (Fsp3) is 0.211. The maximum Gasteiger partial charge on any atom is 0.231 e. The molecule has 42 heavy (non-hydrogen) atoms. The number of phenolic OH excluding ortho intramolecular Hbond substituents is 1. The van der Waals surface area contributed by atoms with Gasteiger partial charge in [-0.2, -0.15) is 0 Å². The Kier molecular flexibility index (Phi) is 6.73. The maximum absolute atomic E-state index is 10.9. The maximum atomic E-state index is 10.9. The molecule has 0 amide bonds. The molecule has 0 saturated heterocycles. The second-order valence-corrected chi connectivity index (χ2v) is 13.0. The Morgan fingerprint density at radius 2 is 1.31 bits per heavy atom. The lowest BCUT2D eigenvalue weighted by molar-refractivity contribution is 0.474. The van der Waals surface area contributed by atoms with Gasteiger partial charge >= 0.3 is 0 Å². The van der Waals surface area contributed by atoms with E-state index in [-0.39, 0.29) is 16.6 Å². The minimum absolute atomic E-state index is 0.0307. The zero-order chi connectivity index (χ0) is 29.6. The molecule has 0 aliphatic rings. The lowest BCUT2D eigenvalue weighted by atomic mass is 9.84. The highest BCUT2D eigenvalue weighted by molar-refractivity contribution is 5.94. The predicted molar refractivity (Wildman–Crippen MR) is 173 cm³/mol. The average molecular weight is 553 g/mol. The van der Waals surface area contributed by atoms with E-state index in [4.69, 9.17) is 14.4 Å². The third kappa shape index (κ3) is 5.33. The van der Waals surface area contributed by atoms with Crippen LogP contribution in [0, 0.1) is 0 Å². The normalized spacial score (nSPS) is 12.1. The van der Waals surface area contributed by atoms with Crippen molar-refractivity contribution in [2.45, 2.75) is 52.4 Å². The van der Waals surface area contributed by atoms with Gasteiger partial charge in [-0.05, 0) is 81.1 Å². The zero-order valence-corrected chi connectivity index (χ0v) is 25.1. The second-order valence-electron chi connectivity index (χ2n) is 13.0. The van der Waals surface area contributed by atoms with E-state index >= 15 is 0 Å². The lowest BCUT2D eigenvalue weighted by Crippen LogP contribution is -2.11. The first-order valence-electron chi connectivity index (χ1n) is 14.4. The van der Waals surface area contributed by atoms with Crippen LogP contribution in [0.1, 0.15) is 52.7 Å². The molecule has 0 radical (unpaired) electrons. The Labute approximate surface area is 247 Å². The summed E-state index contributed by atoms with van der Waals surface area (Å²) in [7, 11) is 0. The van der Waals surface area contributed by atoms with Crippen molar-refractivity contribution in [3.8, 4) is 50.7 Å². The molecule has 0 bridgehead atoms. The van der Waals surface area contributed by atoms with Crippen LogP contribution in [0.15, 0.2) is 108 Å². The lowest BCUT2D eigenvalue weighted by Gasteiger charge is -2.20. The molecule has 4 nitrogen and oxygen atoms in total. The number of aromatic hydroxyl groups is 1. The van der Waals surface area contributed by atoms with Gasteiger partial charge in [-0.15, -0.1) is 0 Å². The number of hydrogen-bond acceptors (Lipinski definition) is 4. The summed E-state index contributed by atoms with van der Waals surface area (Å²) in [6.45, 7) is 13.2. The number of phenols is 1. The van der Waals surface area contributed by atoms with Gasteiger partial charge in [-0.3, -0.25) is 4.98 Å². The number of benzene rings is 4. The SMILES string of the molecule is CC(C)(C)c1ccnc(-c2cccc(-c3cc(C(C)(C)C)cc4oc(-c5cc(-c6ccccc6)ccc5O)nc34)c2)c1. The van der Waals surface area contributed by atoms with Crippen molar-refractivity contribution in [2.24, 2.45) is 0 Å². The van der Waals surface area contributed by atoms with Gasteiger partial charge in [-0.25, -0.2) is 4.98 Å². The van der Waals surface area contributed by atoms with Gasteiger partial charge in [0.1, 0.15) is 11.3 Å². The summed E-state index contributed by atoms with van der Waals surface area (Å²) in [5, 5.41) is 10.9. The molecule has 210 valence electrons. The summed E-state index contributed by atoms with van der Waals surface area (Å²) in [6.07, 6.45) is 1.89. The van der Waals surface area contributed by atoms with Crippen LogP contribution < -0.4 is 0 Å². The van der Waals surface area contributed by atoms with Gasteiger partial charge < -0.3 is 9.52 Å². The summed E-state index contributed by atoms with van der Waals surface area (Å²) in [6, 6.07) is 32.7. The summed E-state index contributed by atoms with van der Waals surface area (Å²) in [4.78, 5) is 9.69. The Morgan fingerprint density at radius 3 is 2.05 bits per heavy atom. The third-order valence-corrected chi connectivity index (χ3v) is 7.79. The minimum atomic E-state index is -0.106. The van der Waals surface area contributed by atoms with Crippen LogP contribution in [0.4, 0.5) is 0 Å². The molecule has 0 spiro atoms. The molecule has 4 heteroatoms. The second kappa shape index (κ2) is 10.3. The molecule has 2 aromatic heterocycles. The number of rotatable bonds is 4. The molecule has 2 heterocycles. The predicted octanol–water partition coefficient (Wildman–Crippen LogP) is 10.2. The minimum Gasteiger partial charge on any atom is -0.507 e. The fourth-order valence-corrected chi connectivity index (χ4v) is 5.22. The first-order valence-corrected chi connectivity index (χ1v) is 14.4. The van der Waals surface area contributed by atoms with Crippen molar-refractivity contribution in [1.29, 1.82) is 0 Å². The standard InChI is InChI=1S/C38H36N2O2/c1-37(2,3)28-17-18-39-32(22-28)27-14-10-13-26(19-27)30-21-29(38(4,5)6)23-34-35(30)40-36(42-34)31-20-25(15-16-33(31)41)24-11-8-7-9-12-24/h7-23,41H,1-6H3. The van der Waals surface area contributed by atoms with Gasteiger partial charge in [0.25, 0.3) is 0 Å². The highest BCUT2D eigenvalue weighted by Crippen LogP contribution is 2.40. The first-order chi connectivity index (χ1) is 20.0. The number of aromatic nitrogens is 2. The van der Waals surface area contributed by atoms with Crippen molar-refractivity contribution in [2.75, 3.05) is 0 Å². The molecule has 0 aliphatic heterocycles. The molecule has 0 saturated carbocycles. The van der Waals surface area contributed by atoms with E-state index in [0.29, 0.717) is 17.0 Å². The van der Waals surface area contributed by atoms with Crippen LogP contribution in [-0.2, 0) is 10.8 Å². The van der Waals surface area contributed by atoms with Crippen LogP contribution in [0.3, 0.4) is 0 Å². The van der Waals surface area contributed by atoms with Crippen LogP contribution in [0.5, 0.6) is 5.75 Å². The van der Waals surface area contributed by atoms with E-state index in [1.54, 1.807) is 6.07 Å². The van der Waals surface area contributed by atoms with Crippen molar-refractivity contribution >= 4 is 11.1 Å². The van der Waals surface area contributed by atoms with Gasteiger partial charge in [0.05, 0.1) is 11.3 Å². The topological polar surface area (TPSA) is 59.2 Å². The summed E-state index contributed by atoms with van der Waals surface area (Å²) in [5.41, 5.74) is 10.4. The monoisotopic (exact) mass is 552 g/mol. The van der Waals surface area contributed by atoms with E-state index in [1.807, 2.05) is 36.5 Å². The average Bonchev–Trinajstić information content (AvgIpc) is 3.41. The Morgan fingerprint density at radius 1 is 0.595 bits per heavy atom. The molecule has 6 rings (SSSR count). The Hall–Kier alpha value is -4.70. The summed E-state index contributed by atoms with van der Waals surface area (Å²) >= 11 is 0. The highest BCUT2D eigenvalue weighted by Gasteiger charge is 2.22. The van der Waals surface area contributed by atoms with Crippen LogP contribution in [0.2, 0.25) is 0 Å². The summed E-state index contributed by atoms with van der Waals surface area (Å²) in [5.74, 6) is 0.522. The Bertz CT molecular complexity index is 1900. The quantitative estimate of drug-likeness (QED) is 0.236. The van der Waals surface area contributed by atoms with E-state index in [9.17, 15) is 5.11 Å². The number of pyridine rings is 1. The third-order valence-electron chi connectivity index (χ3n) is 7.79. The first kappa shape index (κ1) is 27.5. The van der Waals surface area contributed by atoms with E-state index in [0.717, 1.165) is 44.6 Å². The van der Waals surface area contributed by atoms with Crippen LogP contribution in [-0.4, -0.2) is 15.1 Å². The largest absolute Gasteiger partial charge is 0.507 e. The number of oxazole rings is 1. The molecule has 0 aliphatic carbocycles. The van der Waals surface area contributed by atoms with Gasteiger partial charge in [0, 0.05) is 17.3 Å². The van der Waals surface area contributed by atoms with E-state index < -0.39 is 0 Å². The van der Waals surface area contributed by atoms with Crippen LogP contribution >= 0.6 is 0 Å². The number of fused-ring (bicyclic) bond motifs is 1. The highest BCUT2D eigenvalue weighted by atomic mass is 16.3. The molecular weight excluding hydrogens is 516 g/mol. The number of hydrogen-bond donors (Lipinski definition) is 1. The van der Waals surface area contributed by atoms with E-state index in [1.165, 1.54) is 5.56 Å². The molecule has 0 fully saturated rings. The smallest absolute Gasteiger partial charge is 0.231 e. The molecule has 0 atom stereocenters. The van der Waals surface area contributed by atoms with Gasteiger partial charge in [0.2, 0.25) is 5.89 Å². The molecule has 1 N–H and O–H groups in total. The van der Waals surface area contributed by atoms with Crippen molar-refractivity contribution in [3.05, 3.63) is 114 Å². The van der Waals surface area contributed by atoms with E-state index in [2.05, 4.69) is 102 Å².